The van der Waals surface area contributed by atoms with Crippen molar-refractivity contribution in [1.82, 2.24) is 4.90 Å². The Morgan fingerprint density at radius 2 is 1.38 bits per heavy atom. The van der Waals surface area contributed by atoms with Crippen molar-refractivity contribution in [2.75, 3.05) is 19.6 Å². The number of nitrogens with zero attached hydrogens (tertiary/aromatic N) is 1. The molecule has 2 heterocycles. The van der Waals surface area contributed by atoms with Crippen molar-refractivity contribution >= 4 is 15.9 Å². The Kier molecular flexibility index (Phi) is 5.49. The summed E-state index contributed by atoms with van der Waals surface area (Å²) >= 11 is 3.51. The summed E-state index contributed by atoms with van der Waals surface area (Å²) in [6, 6.07) is 18.3. The fourth-order valence-corrected chi connectivity index (χ4v) is 5.06. The lowest BCUT2D eigenvalue weighted by Crippen LogP contribution is -2.36. The molecule has 1 N–H and O–H groups in total. The van der Waals surface area contributed by atoms with Crippen LogP contribution in [-0.4, -0.2) is 29.6 Å². The lowest BCUT2D eigenvalue weighted by atomic mass is 9.83. The molecular weight excluding hydrogens is 386 g/mol. The summed E-state index contributed by atoms with van der Waals surface area (Å²) in [6.07, 6.45) is 6.33. The third kappa shape index (κ3) is 3.90. The van der Waals surface area contributed by atoms with Crippen LogP contribution in [-0.2, 0) is 5.60 Å². The molecule has 2 aromatic rings. The molecule has 0 amide bonds. The molecule has 3 fully saturated rings. The highest BCUT2D eigenvalue weighted by Gasteiger charge is 2.34. The number of hydrogen-bond acceptors (Lipinski definition) is 2. The van der Waals surface area contributed by atoms with Crippen molar-refractivity contribution in [2.24, 2.45) is 11.8 Å². The number of hydrogen-bond donors (Lipinski definition) is 1. The van der Waals surface area contributed by atoms with Crippen LogP contribution in [0.15, 0.2) is 59.1 Å². The quantitative estimate of drug-likeness (QED) is 0.727. The van der Waals surface area contributed by atoms with Crippen LogP contribution in [0.25, 0.3) is 0 Å². The minimum absolute atomic E-state index is 0.734. The van der Waals surface area contributed by atoms with Gasteiger partial charge in [0.25, 0.3) is 0 Å². The molecular formula is C23H28BrNO. The van der Waals surface area contributed by atoms with Gasteiger partial charge in [-0.2, -0.15) is 0 Å². The van der Waals surface area contributed by atoms with Gasteiger partial charge in [0.2, 0.25) is 0 Å². The molecule has 5 rings (SSSR count). The SMILES string of the molecule is O[C@@](CCN1CC2CCC(CC2)C1)(c1ccccc1)c1ccc(Br)cc1. The molecule has 2 aliphatic heterocycles. The highest BCUT2D eigenvalue weighted by atomic mass is 79.9. The first-order valence-corrected chi connectivity index (χ1v) is 10.7. The first kappa shape index (κ1) is 18.2. The third-order valence-electron chi connectivity index (χ3n) is 6.36. The van der Waals surface area contributed by atoms with Gasteiger partial charge in [-0.3, -0.25) is 0 Å². The maximum absolute atomic E-state index is 11.8. The molecule has 1 saturated carbocycles. The second-order valence-corrected chi connectivity index (χ2v) is 9.05. The van der Waals surface area contributed by atoms with Crippen molar-refractivity contribution in [3.05, 3.63) is 70.2 Å². The van der Waals surface area contributed by atoms with Gasteiger partial charge in [-0.05, 0) is 67.2 Å². The predicted molar refractivity (Wildman–Crippen MR) is 110 cm³/mol. The molecule has 0 unspecified atom stereocenters. The third-order valence-corrected chi connectivity index (χ3v) is 6.89. The van der Waals surface area contributed by atoms with Crippen LogP contribution in [0.3, 0.4) is 0 Å². The van der Waals surface area contributed by atoms with Gasteiger partial charge in [-0.25, -0.2) is 0 Å². The van der Waals surface area contributed by atoms with E-state index in [9.17, 15) is 5.11 Å². The Bertz CT molecular complexity index is 695. The number of halogens is 1. The summed E-state index contributed by atoms with van der Waals surface area (Å²) in [5, 5.41) is 11.8. The summed E-state index contributed by atoms with van der Waals surface area (Å²) in [7, 11) is 0. The summed E-state index contributed by atoms with van der Waals surface area (Å²) in [5.74, 6) is 1.73. The summed E-state index contributed by atoms with van der Waals surface area (Å²) in [4.78, 5) is 2.61. The van der Waals surface area contributed by atoms with Gasteiger partial charge in [-0.15, -0.1) is 0 Å². The zero-order chi connectivity index (χ0) is 18.0. The number of aliphatic hydroxyl groups is 1. The predicted octanol–water partition coefficient (Wildman–Crippen LogP) is 5.20. The zero-order valence-electron chi connectivity index (χ0n) is 15.3. The van der Waals surface area contributed by atoms with Gasteiger partial charge in [0.05, 0.1) is 0 Å². The van der Waals surface area contributed by atoms with Crippen molar-refractivity contribution in [3.63, 3.8) is 0 Å². The van der Waals surface area contributed by atoms with Gasteiger partial charge in [0.15, 0.2) is 0 Å². The van der Waals surface area contributed by atoms with E-state index in [1.807, 2.05) is 54.6 Å². The van der Waals surface area contributed by atoms with Crippen molar-refractivity contribution in [3.8, 4) is 0 Å². The largest absolute Gasteiger partial charge is 0.380 e. The molecule has 138 valence electrons. The van der Waals surface area contributed by atoms with Gasteiger partial charge in [0.1, 0.15) is 5.60 Å². The second kappa shape index (κ2) is 7.84. The normalized spacial score (nSPS) is 25.6. The van der Waals surface area contributed by atoms with Crippen LogP contribution in [0.4, 0.5) is 0 Å². The number of fused-ring (bicyclic) bond motifs is 4. The lowest BCUT2D eigenvalue weighted by Gasteiger charge is -2.33. The van der Waals surface area contributed by atoms with Crippen molar-refractivity contribution in [2.45, 2.75) is 37.7 Å². The number of rotatable bonds is 5. The summed E-state index contributed by atoms with van der Waals surface area (Å²) in [5.41, 5.74) is 1.03. The highest BCUT2D eigenvalue weighted by Crippen LogP contribution is 2.37. The first-order chi connectivity index (χ1) is 12.6. The molecule has 3 heteroatoms. The Hall–Kier alpha value is -1.16. The van der Waals surface area contributed by atoms with Gasteiger partial charge >= 0.3 is 0 Å². The van der Waals surface area contributed by atoms with Gasteiger partial charge in [-0.1, -0.05) is 58.4 Å². The van der Waals surface area contributed by atoms with Crippen LogP contribution in [0.2, 0.25) is 0 Å². The van der Waals surface area contributed by atoms with E-state index in [-0.39, 0.29) is 0 Å². The van der Waals surface area contributed by atoms with E-state index in [0.29, 0.717) is 0 Å². The fourth-order valence-electron chi connectivity index (χ4n) is 4.80. The molecule has 1 aliphatic carbocycles. The Labute approximate surface area is 165 Å². The van der Waals surface area contributed by atoms with Crippen LogP contribution in [0, 0.1) is 11.8 Å². The van der Waals surface area contributed by atoms with E-state index < -0.39 is 5.60 Å². The Balaban J connectivity index is 1.56. The average molecular weight is 414 g/mol. The van der Waals surface area contributed by atoms with Crippen LogP contribution in [0.1, 0.15) is 43.2 Å². The maximum atomic E-state index is 11.8. The molecule has 26 heavy (non-hydrogen) atoms. The Morgan fingerprint density at radius 1 is 0.846 bits per heavy atom. The minimum atomic E-state index is -0.937. The average Bonchev–Trinajstić information content (AvgIpc) is 3.00. The Morgan fingerprint density at radius 3 is 1.96 bits per heavy atom. The number of benzene rings is 2. The van der Waals surface area contributed by atoms with Gasteiger partial charge in [0, 0.05) is 24.1 Å². The molecule has 2 saturated heterocycles. The fraction of sp³-hybridized carbons (Fsp3) is 0.478. The highest BCUT2D eigenvalue weighted by molar-refractivity contribution is 9.10. The van der Waals surface area contributed by atoms with Crippen LogP contribution < -0.4 is 0 Å². The van der Waals surface area contributed by atoms with E-state index in [4.69, 9.17) is 0 Å². The van der Waals surface area contributed by atoms with E-state index in [1.54, 1.807) is 0 Å². The minimum Gasteiger partial charge on any atom is -0.380 e. The van der Waals surface area contributed by atoms with Crippen molar-refractivity contribution in [1.29, 1.82) is 0 Å². The monoisotopic (exact) mass is 413 g/mol. The van der Waals surface area contributed by atoms with Gasteiger partial charge < -0.3 is 10.0 Å². The molecule has 0 aromatic heterocycles. The second-order valence-electron chi connectivity index (χ2n) is 8.13. The van der Waals surface area contributed by atoms with Crippen LogP contribution in [0.5, 0.6) is 0 Å². The molecule has 3 aliphatic rings. The van der Waals surface area contributed by atoms with E-state index in [1.165, 1.54) is 38.8 Å². The summed E-state index contributed by atoms with van der Waals surface area (Å²) in [6.45, 7) is 3.37. The van der Waals surface area contributed by atoms with Crippen LogP contribution >= 0.6 is 15.9 Å². The summed E-state index contributed by atoms with van der Waals surface area (Å²) < 4.78 is 1.04. The standard InChI is InChI=1S/C23H28BrNO/c24-22-12-10-21(11-13-22)23(26,20-4-2-1-3-5-20)14-15-25-16-18-6-7-19(17-25)9-8-18/h1-5,10-13,18-19,26H,6-9,14-17H2/t18?,19?,23-/m0/s1. The van der Waals surface area contributed by atoms with Crippen molar-refractivity contribution < 1.29 is 5.11 Å². The maximum Gasteiger partial charge on any atom is 0.116 e. The van der Waals surface area contributed by atoms with E-state index in [0.717, 1.165) is 40.4 Å². The molecule has 2 aromatic carbocycles. The molecule has 2 nitrogen and oxygen atoms in total. The van der Waals surface area contributed by atoms with E-state index in [2.05, 4.69) is 20.8 Å². The smallest absolute Gasteiger partial charge is 0.116 e. The first-order valence-electron chi connectivity index (χ1n) is 9.90. The zero-order valence-corrected chi connectivity index (χ0v) is 16.9. The lowest BCUT2D eigenvalue weighted by molar-refractivity contribution is 0.0559. The molecule has 0 radical (unpaired) electrons. The molecule has 2 bridgehead atoms. The topological polar surface area (TPSA) is 23.5 Å². The van der Waals surface area contributed by atoms with E-state index >= 15 is 0 Å². The molecule has 1 atom stereocenters. The molecule has 0 spiro atoms.